The summed E-state index contributed by atoms with van der Waals surface area (Å²) >= 11 is 0. The molecule has 1 atom stereocenters. The molecule has 0 radical (unpaired) electrons. The molecule has 0 aliphatic carbocycles. The number of nitrogens with zero attached hydrogens (tertiary/aromatic N) is 2. The molecule has 0 saturated heterocycles. The van der Waals surface area contributed by atoms with Gasteiger partial charge in [0.1, 0.15) is 11.6 Å². The molecule has 158 valence electrons. The third kappa shape index (κ3) is 6.58. The van der Waals surface area contributed by atoms with Crippen LogP contribution in [0.4, 0.5) is 4.39 Å². The Morgan fingerprint density at radius 2 is 1.79 bits per heavy atom. The first-order chi connectivity index (χ1) is 13.7. The minimum Gasteiger partial charge on any atom is -0.481 e. The highest BCUT2D eigenvalue weighted by molar-refractivity contribution is 5.84. The fourth-order valence-corrected chi connectivity index (χ4v) is 2.92. The van der Waals surface area contributed by atoms with Crippen molar-refractivity contribution in [2.45, 2.75) is 60.1 Å². The highest BCUT2D eigenvalue weighted by Crippen LogP contribution is 2.16. The third-order valence-electron chi connectivity index (χ3n) is 4.49. The second kappa shape index (κ2) is 10.0. The Balaban J connectivity index is 1.80. The van der Waals surface area contributed by atoms with Gasteiger partial charge in [0.25, 0.3) is 5.91 Å². The quantitative estimate of drug-likeness (QED) is 0.663. The molecule has 2 aromatic rings. The molecule has 0 bridgehead atoms. The van der Waals surface area contributed by atoms with Crippen LogP contribution in [0.1, 0.15) is 44.1 Å². The van der Waals surface area contributed by atoms with Crippen molar-refractivity contribution in [1.29, 1.82) is 0 Å². The first-order valence-corrected chi connectivity index (χ1v) is 9.71. The highest BCUT2D eigenvalue weighted by atomic mass is 19.1. The lowest BCUT2D eigenvalue weighted by atomic mass is 10.1. The monoisotopic (exact) mass is 404 g/mol. The Kier molecular flexibility index (Phi) is 7.75. The number of nitrogens with one attached hydrogen (secondary N) is 2. The van der Waals surface area contributed by atoms with Crippen molar-refractivity contribution in [3.8, 4) is 5.75 Å². The molecule has 0 fully saturated rings. The molecular weight excluding hydrogens is 375 g/mol. The van der Waals surface area contributed by atoms with Gasteiger partial charge in [-0.15, -0.1) is 0 Å². The maximum Gasteiger partial charge on any atom is 0.279 e. The molecule has 0 aliphatic rings. The van der Waals surface area contributed by atoms with Gasteiger partial charge in [-0.05, 0) is 62.9 Å². The average Bonchev–Trinajstić information content (AvgIpc) is 2.92. The summed E-state index contributed by atoms with van der Waals surface area (Å²) in [5.41, 5.74) is 7.79. The van der Waals surface area contributed by atoms with Crippen molar-refractivity contribution in [3.05, 3.63) is 47.0 Å². The van der Waals surface area contributed by atoms with Gasteiger partial charge < -0.3 is 4.74 Å². The van der Waals surface area contributed by atoms with Gasteiger partial charge in [-0.1, -0.05) is 13.8 Å². The van der Waals surface area contributed by atoms with Crippen LogP contribution in [0.5, 0.6) is 5.75 Å². The zero-order valence-corrected chi connectivity index (χ0v) is 17.6. The Morgan fingerprint density at radius 1 is 1.14 bits per heavy atom. The van der Waals surface area contributed by atoms with Crippen LogP contribution in [0.2, 0.25) is 0 Å². The number of carbonyl (C=O) groups excluding carboxylic acids is 2. The molecular formula is C21H29FN4O3. The molecule has 1 aromatic carbocycles. The number of benzene rings is 1. The lowest BCUT2D eigenvalue weighted by Crippen LogP contribution is -2.47. The van der Waals surface area contributed by atoms with E-state index in [9.17, 15) is 14.0 Å². The SMILES string of the molecule is Cc1nn(CC(C)C)c(C)c1CCC(=O)NNC(=O)[C@H](C)Oc1ccc(F)cc1. The number of aromatic nitrogens is 2. The number of amides is 2. The van der Waals surface area contributed by atoms with Gasteiger partial charge in [0.05, 0.1) is 5.69 Å². The summed E-state index contributed by atoms with van der Waals surface area (Å²) < 4.78 is 20.3. The average molecular weight is 404 g/mol. The topological polar surface area (TPSA) is 85.3 Å². The van der Waals surface area contributed by atoms with Crippen LogP contribution < -0.4 is 15.6 Å². The molecule has 2 N–H and O–H groups in total. The Bertz CT molecular complexity index is 846. The van der Waals surface area contributed by atoms with E-state index < -0.39 is 12.0 Å². The summed E-state index contributed by atoms with van der Waals surface area (Å²) in [6, 6.07) is 5.35. The minimum absolute atomic E-state index is 0.225. The largest absolute Gasteiger partial charge is 0.481 e. The van der Waals surface area contributed by atoms with E-state index in [4.69, 9.17) is 4.74 Å². The van der Waals surface area contributed by atoms with Crippen molar-refractivity contribution < 1.29 is 18.7 Å². The number of halogens is 1. The Labute approximate surface area is 170 Å². The number of carbonyl (C=O) groups is 2. The number of hydrazine groups is 1. The van der Waals surface area contributed by atoms with E-state index in [1.807, 2.05) is 18.5 Å². The first kappa shape index (κ1) is 22.4. The van der Waals surface area contributed by atoms with Crippen molar-refractivity contribution in [3.63, 3.8) is 0 Å². The first-order valence-electron chi connectivity index (χ1n) is 9.71. The molecule has 7 nitrogen and oxygen atoms in total. The van der Waals surface area contributed by atoms with Crippen LogP contribution >= 0.6 is 0 Å². The van der Waals surface area contributed by atoms with Crippen LogP contribution in [0.25, 0.3) is 0 Å². The molecule has 1 aromatic heterocycles. The molecule has 0 spiro atoms. The summed E-state index contributed by atoms with van der Waals surface area (Å²) in [4.78, 5) is 24.2. The fourth-order valence-electron chi connectivity index (χ4n) is 2.92. The van der Waals surface area contributed by atoms with E-state index in [0.717, 1.165) is 23.5 Å². The summed E-state index contributed by atoms with van der Waals surface area (Å²) in [5, 5.41) is 4.55. The van der Waals surface area contributed by atoms with Gasteiger partial charge in [0.15, 0.2) is 6.10 Å². The van der Waals surface area contributed by atoms with Crippen molar-refractivity contribution >= 4 is 11.8 Å². The molecule has 1 heterocycles. The number of aryl methyl sites for hydroxylation is 1. The van der Waals surface area contributed by atoms with Crippen molar-refractivity contribution in [2.24, 2.45) is 5.92 Å². The standard InChI is InChI=1S/C21H29FN4O3/c1-13(2)12-26-15(4)19(14(3)25-26)10-11-20(27)23-24-21(28)16(5)29-18-8-6-17(22)7-9-18/h6-9,13,16H,10-12H2,1-5H3,(H,23,27)(H,24,28)/t16-/m0/s1. The lowest BCUT2D eigenvalue weighted by molar-refractivity contribution is -0.132. The smallest absolute Gasteiger partial charge is 0.279 e. The van der Waals surface area contributed by atoms with Gasteiger partial charge in [0.2, 0.25) is 5.91 Å². The summed E-state index contributed by atoms with van der Waals surface area (Å²) in [7, 11) is 0. The normalized spacial score (nSPS) is 12.0. The maximum absolute atomic E-state index is 12.9. The van der Waals surface area contributed by atoms with E-state index in [-0.39, 0.29) is 18.1 Å². The Morgan fingerprint density at radius 3 is 2.41 bits per heavy atom. The summed E-state index contributed by atoms with van der Waals surface area (Å²) in [5.74, 6) is -0.340. The van der Waals surface area contributed by atoms with Crippen LogP contribution in [0, 0.1) is 25.6 Å². The molecule has 0 aliphatic heterocycles. The molecule has 2 rings (SSSR count). The van der Waals surface area contributed by atoms with Gasteiger partial charge in [-0.3, -0.25) is 25.1 Å². The van der Waals surface area contributed by atoms with E-state index in [0.29, 0.717) is 18.1 Å². The van der Waals surface area contributed by atoms with Gasteiger partial charge in [0, 0.05) is 18.7 Å². The second-order valence-electron chi connectivity index (χ2n) is 7.48. The summed E-state index contributed by atoms with van der Waals surface area (Å²) in [6.07, 6.45) is -0.0822. The molecule has 8 heteroatoms. The van der Waals surface area contributed by atoms with Crippen LogP contribution in [0.3, 0.4) is 0 Å². The van der Waals surface area contributed by atoms with Crippen LogP contribution in [-0.2, 0) is 22.6 Å². The van der Waals surface area contributed by atoms with E-state index in [1.54, 1.807) is 6.92 Å². The summed E-state index contributed by atoms with van der Waals surface area (Å²) in [6.45, 7) is 10.6. The highest BCUT2D eigenvalue weighted by Gasteiger charge is 2.17. The lowest BCUT2D eigenvalue weighted by Gasteiger charge is -2.15. The van der Waals surface area contributed by atoms with Crippen molar-refractivity contribution in [1.82, 2.24) is 20.6 Å². The minimum atomic E-state index is -0.848. The van der Waals surface area contributed by atoms with Gasteiger partial charge in [-0.25, -0.2) is 4.39 Å². The number of hydrogen-bond acceptors (Lipinski definition) is 4. The second-order valence-corrected chi connectivity index (χ2v) is 7.48. The number of hydrogen-bond donors (Lipinski definition) is 2. The number of rotatable bonds is 8. The van der Waals surface area contributed by atoms with Gasteiger partial charge >= 0.3 is 0 Å². The molecule has 0 saturated carbocycles. The van der Waals surface area contributed by atoms with E-state index >= 15 is 0 Å². The van der Waals surface area contributed by atoms with E-state index in [2.05, 4.69) is 29.8 Å². The predicted octanol–water partition coefficient (Wildman–Crippen LogP) is 2.84. The number of ether oxygens (including phenoxy) is 1. The van der Waals surface area contributed by atoms with Crippen LogP contribution in [0.15, 0.2) is 24.3 Å². The van der Waals surface area contributed by atoms with Crippen LogP contribution in [-0.4, -0.2) is 27.7 Å². The molecule has 0 unspecified atom stereocenters. The van der Waals surface area contributed by atoms with E-state index in [1.165, 1.54) is 24.3 Å². The predicted molar refractivity (Wildman–Crippen MR) is 108 cm³/mol. The molecule has 2 amide bonds. The van der Waals surface area contributed by atoms with Gasteiger partial charge in [-0.2, -0.15) is 5.10 Å². The third-order valence-corrected chi connectivity index (χ3v) is 4.49. The molecule has 29 heavy (non-hydrogen) atoms. The zero-order valence-electron chi connectivity index (χ0n) is 17.6. The fraction of sp³-hybridized carbons (Fsp3) is 0.476. The maximum atomic E-state index is 12.9. The van der Waals surface area contributed by atoms with Crippen molar-refractivity contribution in [2.75, 3.05) is 0 Å². The Hall–Kier alpha value is -2.90. The zero-order chi connectivity index (χ0) is 21.6.